The Hall–Kier alpha value is -2.77. The number of piperidine rings is 1. The molecule has 1 amide bonds. The molecule has 8 heteroatoms. The first-order valence-electron chi connectivity index (χ1n) is 10.1. The van der Waals surface area contributed by atoms with Crippen molar-refractivity contribution >= 4 is 17.7 Å². The van der Waals surface area contributed by atoms with Crippen LogP contribution in [0.15, 0.2) is 24.3 Å². The van der Waals surface area contributed by atoms with Crippen LogP contribution in [0.25, 0.3) is 0 Å². The number of rotatable bonds is 3. The van der Waals surface area contributed by atoms with Crippen LogP contribution in [0.5, 0.6) is 0 Å². The van der Waals surface area contributed by atoms with Crippen molar-refractivity contribution in [2.75, 3.05) is 49.1 Å². The number of aryl methyl sites for hydroxylation is 1. The highest BCUT2D eigenvalue weighted by molar-refractivity contribution is 5.95. The van der Waals surface area contributed by atoms with Crippen LogP contribution in [-0.4, -0.2) is 60.0 Å². The Balaban J connectivity index is 1.46. The van der Waals surface area contributed by atoms with Gasteiger partial charge in [-0.2, -0.15) is 4.98 Å². The number of hydrogen-bond donors (Lipinski definition) is 0. The molecule has 0 N–H and O–H groups in total. The van der Waals surface area contributed by atoms with Crippen LogP contribution in [0, 0.1) is 18.6 Å². The second kappa shape index (κ2) is 8.31. The summed E-state index contributed by atoms with van der Waals surface area (Å²) in [6.07, 6.45) is 3.55. The summed E-state index contributed by atoms with van der Waals surface area (Å²) in [6, 6.07) is 5.43. The fourth-order valence-corrected chi connectivity index (χ4v) is 3.93. The summed E-state index contributed by atoms with van der Waals surface area (Å²) in [7, 11) is 0. The molecule has 2 aromatic rings. The van der Waals surface area contributed by atoms with Crippen molar-refractivity contribution < 1.29 is 13.6 Å². The molecule has 2 fully saturated rings. The minimum atomic E-state index is -0.824. The third-order valence-electron chi connectivity index (χ3n) is 5.54. The quantitative estimate of drug-likeness (QED) is 0.791. The molecule has 0 bridgehead atoms. The molecule has 29 heavy (non-hydrogen) atoms. The van der Waals surface area contributed by atoms with E-state index in [9.17, 15) is 13.6 Å². The normalized spacial score (nSPS) is 17.6. The van der Waals surface area contributed by atoms with Crippen molar-refractivity contribution in [1.82, 2.24) is 14.9 Å². The molecule has 3 heterocycles. The second-order valence-corrected chi connectivity index (χ2v) is 7.59. The lowest BCUT2D eigenvalue weighted by Gasteiger charge is -2.36. The molecule has 0 atom stereocenters. The maximum absolute atomic E-state index is 13.9. The molecule has 1 aromatic carbocycles. The van der Waals surface area contributed by atoms with Gasteiger partial charge in [-0.3, -0.25) is 4.79 Å². The van der Waals surface area contributed by atoms with Crippen molar-refractivity contribution in [1.29, 1.82) is 0 Å². The first-order chi connectivity index (χ1) is 14.0. The lowest BCUT2D eigenvalue weighted by Crippen LogP contribution is -2.49. The second-order valence-electron chi connectivity index (χ2n) is 7.59. The predicted molar refractivity (Wildman–Crippen MR) is 107 cm³/mol. The standard InChI is InChI=1S/C21H25F2N5O/c1-15-14-18(25-21(24-15)28-8-3-2-4-9-28)26-10-12-27(13-11-26)20(29)19-16(22)6-5-7-17(19)23/h5-7,14H,2-4,8-13H2,1H3. The molecule has 0 aliphatic carbocycles. The number of anilines is 2. The average molecular weight is 401 g/mol. The molecule has 2 aliphatic rings. The first kappa shape index (κ1) is 19.5. The van der Waals surface area contributed by atoms with E-state index < -0.39 is 23.1 Å². The smallest absolute Gasteiger partial charge is 0.259 e. The van der Waals surface area contributed by atoms with E-state index in [1.807, 2.05) is 13.0 Å². The van der Waals surface area contributed by atoms with Gasteiger partial charge < -0.3 is 14.7 Å². The van der Waals surface area contributed by atoms with Crippen LogP contribution in [0.2, 0.25) is 0 Å². The Kier molecular flexibility index (Phi) is 5.60. The lowest BCUT2D eigenvalue weighted by atomic mass is 10.1. The Labute approximate surface area is 169 Å². The zero-order valence-electron chi connectivity index (χ0n) is 16.6. The van der Waals surface area contributed by atoms with Gasteiger partial charge in [-0.1, -0.05) is 6.07 Å². The summed E-state index contributed by atoms with van der Waals surface area (Å²) < 4.78 is 27.9. The summed E-state index contributed by atoms with van der Waals surface area (Å²) in [6.45, 7) is 5.77. The highest BCUT2D eigenvalue weighted by Gasteiger charge is 2.27. The minimum Gasteiger partial charge on any atom is -0.353 e. The van der Waals surface area contributed by atoms with Gasteiger partial charge in [0.2, 0.25) is 5.95 Å². The number of piperazine rings is 1. The molecular weight excluding hydrogens is 376 g/mol. The van der Waals surface area contributed by atoms with Crippen LogP contribution in [0.4, 0.5) is 20.5 Å². The number of aromatic nitrogens is 2. The van der Waals surface area contributed by atoms with Crippen LogP contribution < -0.4 is 9.80 Å². The van der Waals surface area contributed by atoms with E-state index in [1.54, 1.807) is 0 Å². The Morgan fingerprint density at radius 3 is 2.21 bits per heavy atom. The average Bonchev–Trinajstić information content (AvgIpc) is 2.74. The summed E-state index contributed by atoms with van der Waals surface area (Å²) in [4.78, 5) is 27.8. The molecule has 0 saturated carbocycles. The Morgan fingerprint density at radius 1 is 0.897 bits per heavy atom. The Morgan fingerprint density at radius 2 is 1.55 bits per heavy atom. The van der Waals surface area contributed by atoms with Crippen molar-refractivity contribution in [3.63, 3.8) is 0 Å². The van der Waals surface area contributed by atoms with E-state index >= 15 is 0 Å². The maximum atomic E-state index is 13.9. The van der Waals surface area contributed by atoms with Gasteiger partial charge >= 0.3 is 0 Å². The van der Waals surface area contributed by atoms with Crippen molar-refractivity contribution in [2.45, 2.75) is 26.2 Å². The molecule has 4 rings (SSSR count). The maximum Gasteiger partial charge on any atom is 0.259 e. The van der Waals surface area contributed by atoms with Crippen molar-refractivity contribution in [3.8, 4) is 0 Å². The highest BCUT2D eigenvalue weighted by atomic mass is 19.1. The number of carbonyl (C=O) groups is 1. The van der Waals surface area contributed by atoms with Gasteiger partial charge in [-0.25, -0.2) is 13.8 Å². The Bertz CT molecular complexity index is 872. The summed E-state index contributed by atoms with van der Waals surface area (Å²) >= 11 is 0. The SMILES string of the molecule is Cc1cc(N2CCN(C(=O)c3c(F)cccc3F)CC2)nc(N2CCCCC2)n1. The van der Waals surface area contributed by atoms with Crippen LogP contribution in [0.3, 0.4) is 0 Å². The number of hydrogen-bond acceptors (Lipinski definition) is 5. The van der Waals surface area contributed by atoms with Crippen LogP contribution in [-0.2, 0) is 0 Å². The molecule has 2 saturated heterocycles. The van der Waals surface area contributed by atoms with E-state index in [0.717, 1.165) is 55.5 Å². The minimum absolute atomic E-state index is 0.384. The topological polar surface area (TPSA) is 52.6 Å². The van der Waals surface area contributed by atoms with Gasteiger partial charge in [0.1, 0.15) is 23.0 Å². The van der Waals surface area contributed by atoms with Gasteiger partial charge in [0, 0.05) is 51.0 Å². The molecule has 154 valence electrons. The summed E-state index contributed by atoms with van der Waals surface area (Å²) in [5.74, 6) is -0.660. The first-order valence-corrected chi connectivity index (χ1v) is 10.1. The zero-order valence-corrected chi connectivity index (χ0v) is 16.6. The third-order valence-corrected chi connectivity index (χ3v) is 5.54. The van der Waals surface area contributed by atoms with Gasteiger partial charge in [0.05, 0.1) is 0 Å². The monoisotopic (exact) mass is 401 g/mol. The van der Waals surface area contributed by atoms with Crippen LogP contribution in [0.1, 0.15) is 35.3 Å². The fraction of sp³-hybridized carbons (Fsp3) is 0.476. The van der Waals surface area contributed by atoms with Gasteiger partial charge in [0.15, 0.2) is 0 Å². The summed E-state index contributed by atoms with van der Waals surface area (Å²) in [5, 5.41) is 0. The highest BCUT2D eigenvalue weighted by Crippen LogP contribution is 2.22. The molecule has 1 aromatic heterocycles. The van der Waals surface area contributed by atoms with Gasteiger partial charge in [-0.05, 0) is 38.3 Å². The van der Waals surface area contributed by atoms with Gasteiger partial charge in [0.25, 0.3) is 5.91 Å². The molecule has 6 nitrogen and oxygen atoms in total. The zero-order chi connectivity index (χ0) is 20.4. The largest absolute Gasteiger partial charge is 0.353 e. The van der Waals surface area contributed by atoms with Crippen molar-refractivity contribution in [2.24, 2.45) is 0 Å². The fourth-order valence-electron chi connectivity index (χ4n) is 3.93. The molecular formula is C21H25F2N5O. The molecule has 2 aliphatic heterocycles. The molecule has 0 spiro atoms. The number of benzene rings is 1. The van der Waals surface area contributed by atoms with E-state index in [4.69, 9.17) is 4.98 Å². The predicted octanol–water partition coefficient (Wildman–Crippen LogP) is 3.02. The van der Waals surface area contributed by atoms with Crippen molar-refractivity contribution in [3.05, 3.63) is 47.2 Å². The molecule has 0 radical (unpaired) electrons. The van der Waals surface area contributed by atoms with E-state index in [-0.39, 0.29) is 0 Å². The number of amides is 1. The van der Waals surface area contributed by atoms with E-state index in [2.05, 4.69) is 14.8 Å². The number of carbonyl (C=O) groups excluding carboxylic acids is 1. The lowest BCUT2D eigenvalue weighted by molar-refractivity contribution is 0.0736. The number of nitrogens with zero attached hydrogens (tertiary/aromatic N) is 5. The summed E-state index contributed by atoms with van der Waals surface area (Å²) in [5.41, 5.74) is 0.425. The van der Waals surface area contributed by atoms with E-state index in [0.29, 0.717) is 26.2 Å². The van der Waals surface area contributed by atoms with Crippen LogP contribution >= 0.6 is 0 Å². The molecule has 0 unspecified atom stereocenters. The van der Waals surface area contributed by atoms with Gasteiger partial charge in [-0.15, -0.1) is 0 Å². The number of halogens is 2. The third kappa shape index (κ3) is 4.16. The van der Waals surface area contributed by atoms with E-state index in [1.165, 1.54) is 17.4 Å².